The Kier molecular flexibility index (Phi) is 3.66. The van der Waals surface area contributed by atoms with Crippen LogP contribution in [0.25, 0.3) is 22.1 Å². The molecule has 3 aromatic heterocycles. The Balaban J connectivity index is 1.45. The molecule has 7 nitrogen and oxygen atoms in total. The lowest BCUT2D eigenvalue weighted by Crippen LogP contribution is -1.92. The molecule has 3 N–H and O–H groups in total. The van der Waals surface area contributed by atoms with E-state index in [4.69, 9.17) is 10.00 Å². The first-order chi connectivity index (χ1) is 13.8. The fourth-order valence-corrected chi connectivity index (χ4v) is 3.02. The Morgan fingerprint density at radius 2 is 1.79 bits per heavy atom. The highest BCUT2D eigenvalue weighted by molar-refractivity contribution is 5.91. The number of hydrogen-bond donors (Lipinski definition) is 3. The van der Waals surface area contributed by atoms with Crippen LogP contribution in [-0.2, 0) is 0 Å². The van der Waals surface area contributed by atoms with E-state index in [1.807, 2.05) is 54.6 Å². The van der Waals surface area contributed by atoms with E-state index in [0.717, 1.165) is 28.0 Å². The number of para-hydroxylation sites is 1. The van der Waals surface area contributed by atoms with Gasteiger partial charge < -0.3 is 20.0 Å². The minimum Gasteiger partial charge on any atom is -0.457 e. The molecule has 7 heteroatoms. The number of hydrogen-bond acceptors (Lipinski definition) is 5. The van der Waals surface area contributed by atoms with Crippen molar-refractivity contribution in [1.82, 2.24) is 19.9 Å². The zero-order valence-corrected chi connectivity index (χ0v) is 14.6. The van der Waals surface area contributed by atoms with Gasteiger partial charge in [0.25, 0.3) is 0 Å². The number of nitrogens with one attached hydrogen (secondary N) is 3. The summed E-state index contributed by atoms with van der Waals surface area (Å²) >= 11 is 0. The number of benzene rings is 2. The van der Waals surface area contributed by atoms with E-state index in [-0.39, 0.29) is 0 Å². The van der Waals surface area contributed by atoms with Gasteiger partial charge in [0.05, 0.1) is 22.2 Å². The molecule has 0 fully saturated rings. The van der Waals surface area contributed by atoms with Crippen molar-refractivity contribution in [2.45, 2.75) is 0 Å². The first-order valence-corrected chi connectivity index (χ1v) is 8.66. The van der Waals surface area contributed by atoms with Gasteiger partial charge in [-0.25, -0.2) is 9.97 Å². The average Bonchev–Trinajstić information content (AvgIpc) is 3.32. The van der Waals surface area contributed by atoms with Gasteiger partial charge in [0.2, 0.25) is 5.95 Å². The third kappa shape index (κ3) is 2.89. The summed E-state index contributed by atoms with van der Waals surface area (Å²) in [5.74, 6) is 2.06. The van der Waals surface area contributed by atoms with E-state index in [9.17, 15) is 0 Å². The molecular weight excluding hydrogens is 352 g/mol. The van der Waals surface area contributed by atoms with Crippen molar-refractivity contribution in [1.29, 1.82) is 5.26 Å². The van der Waals surface area contributed by atoms with Crippen LogP contribution < -0.4 is 10.1 Å². The molecule has 0 amide bonds. The summed E-state index contributed by atoms with van der Waals surface area (Å²) in [6.07, 6.45) is 1.80. The van der Waals surface area contributed by atoms with Gasteiger partial charge in [0.1, 0.15) is 28.8 Å². The van der Waals surface area contributed by atoms with E-state index in [1.165, 1.54) is 0 Å². The van der Waals surface area contributed by atoms with E-state index < -0.39 is 0 Å². The van der Waals surface area contributed by atoms with Gasteiger partial charge in [-0.05, 0) is 36.4 Å². The summed E-state index contributed by atoms with van der Waals surface area (Å²) in [4.78, 5) is 15.3. The summed E-state index contributed by atoms with van der Waals surface area (Å²) in [7, 11) is 0. The Labute approximate surface area is 159 Å². The number of pyridine rings is 1. The highest BCUT2D eigenvalue weighted by atomic mass is 16.5. The molecule has 0 aliphatic carbocycles. The van der Waals surface area contributed by atoms with Crippen molar-refractivity contribution < 1.29 is 4.74 Å². The Hall–Kier alpha value is -4.31. The first-order valence-electron chi connectivity index (χ1n) is 8.66. The number of anilines is 2. The molecule has 5 rings (SSSR count). The molecule has 0 spiro atoms. The number of nitriles is 1. The van der Waals surface area contributed by atoms with Gasteiger partial charge in [-0.15, -0.1) is 0 Å². The zero-order chi connectivity index (χ0) is 18.9. The minimum atomic E-state index is 0.363. The third-order valence-corrected chi connectivity index (χ3v) is 4.32. The van der Waals surface area contributed by atoms with Gasteiger partial charge in [0, 0.05) is 12.3 Å². The van der Waals surface area contributed by atoms with Crippen molar-refractivity contribution in [2.24, 2.45) is 0 Å². The monoisotopic (exact) mass is 366 g/mol. The summed E-state index contributed by atoms with van der Waals surface area (Å²) in [5.41, 5.74) is 4.30. The molecule has 0 unspecified atom stereocenters. The van der Waals surface area contributed by atoms with E-state index >= 15 is 0 Å². The maximum absolute atomic E-state index is 9.07. The van der Waals surface area contributed by atoms with Crippen molar-refractivity contribution in [2.75, 3.05) is 5.32 Å². The second kappa shape index (κ2) is 6.45. The SMILES string of the molecule is N#Cc1ccc2[nH]cc(Nc3nc4cc(Oc5ccccc5)ccc4[nH]3)c2n1. The van der Waals surface area contributed by atoms with Crippen LogP contribution in [0.4, 0.5) is 11.6 Å². The molecule has 0 aliphatic heterocycles. The van der Waals surface area contributed by atoms with Gasteiger partial charge >= 0.3 is 0 Å². The second-order valence-corrected chi connectivity index (χ2v) is 6.21. The summed E-state index contributed by atoms with van der Waals surface area (Å²) in [6.45, 7) is 0. The normalized spacial score (nSPS) is 10.8. The summed E-state index contributed by atoms with van der Waals surface area (Å²) < 4.78 is 5.86. The van der Waals surface area contributed by atoms with Gasteiger partial charge in [-0.3, -0.25) is 0 Å². The number of imidazole rings is 1. The molecule has 0 aliphatic rings. The maximum atomic E-state index is 9.07. The number of fused-ring (bicyclic) bond motifs is 2. The van der Waals surface area contributed by atoms with Crippen molar-refractivity contribution in [3.05, 3.63) is 72.6 Å². The van der Waals surface area contributed by atoms with Crippen molar-refractivity contribution >= 4 is 33.7 Å². The number of nitrogens with zero attached hydrogens (tertiary/aromatic N) is 3. The Morgan fingerprint density at radius 1 is 0.929 bits per heavy atom. The van der Waals surface area contributed by atoms with Crippen molar-refractivity contribution in [3.63, 3.8) is 0 Å². The smallest absolute Gasteiger partial charge is 0.205 e. The molecule has 0 radical (unpaired) electrons. The van der Waals surface area contributed by atoms with Crippen LogP contribution in [0.5, 0.6) is 11.5 Å². The van der Waals surface area contributed by atoms with Crippen molar-refractivity contribution in [3.8, 4) is 17.6 Å². The van der Waals surface area contributed by atoms with Gasteiger partial charge in [0.15, 0.2) is 0 Å². The fourth-order valence-electron chi connectivity index (χ4n) is 3.02. The molecule has 0 saturated heterocycles. The van der Waals surface area contributed by atoms with Crippen LogP contribution in [-0.4, -0.2) is 19.9 Å². The molecule has 134 valence electrons. The number of aromatic nitrogens is 4. The zero-order valence-electron chi connectivity index (χ0n) is 14.6. The molecule has 28 heavy (non-hydrogen) atoms. The third-order valence-electron chi connectivity index (χ3n) is 4.32. The lowest BCUT2D eigenvalue weighted by molar-refractivity contribution is 0.483. The van der Waals surface area contributed by atoms with Crippen LogP contribution in [0.1, 0.15) is 5.69 Å². The number of ether oxygens (including phenoxy) is 1. The standard InChI is InChI=1S/C21H14N6O/c22-11-13-6-8-17-20(24-13)19(12-23-17)27-21-25-16-9-7-15(10-18(16)26-21)28-14-4-2-1-3-5-14/h1-10,12,23H,(H2,25,26,27). The first kappa shape index (κ1) is 15.9. The molecule has 0 bridgehead atoms. The minimum absolute atomic E-state index is 0.363. The molecule has 5 aromatic rings. The second-order valence-electron chi connectivity index (χ2n) is 6.21. The van der Waals surface area contributed by atoms with Crippen LogP contribution in [0, 0.1) is 11.3 Å². The molecule has 2 aromatic carbocycles. The van der Waals surface area contributed by atoms with Crippen LogP contribution >= 0.6 is 0 Å². The Morgan fingerprint density at radius 3 is 2.64 bits per heavy atom. The number of H-pyrrole nitrogens is 2. The number of aromatic amines is 2. The largest absolute Gasteiger partial charge is 0.457 e. The quantitative estimate of drug-likeness (QED) is 0.422. The summed E-state index contributed by atoms with van der Waals surface area (Å²) in [6, 6.07) is 20.9. The van der Waals surface area contributed by atoms with Crippen LogP contribution in [0.15, 0.2) is 66.9 Å². The van der Waals surface area contributed by atoms with E-state index in [0.29, 0.717) is 22.9 Å². The Bertz CT molecular complexity index is 1330. The highest BCUT2D eigenvalue weighted by Gasteiger charge is 2.10. The predicted molar refractivity (Wildman–Crippen MR) is 107 cm³/mol. The molecule has 0 saturated carbocycles. The fraction of sp³-hybridized carbons (Fsp3) is 0. The van der Waals surface area contributed by atoms with E-state index in [2.05, 4.69) is 31.3 Å². The molecule has 0 atom stereocenters. The highest BCUT2D eigenvalue weighted by Crippen LogP contribution is 2.28. The lowest BCUT2D eigenvalue weighted by Gasteiger charge is -2.04. The predicted octanol–water partition coefficient (Wildman–Crippen LogP) is 4.85. The topological polar surface area (TPSA) is 102 Å². The number of rotatable bonds is 4. The molecular formula is C21H14N6O. The lowest BCUT2D eigenvalue weighted by atomic mass is 10.3. The maximum Gasteiger partial charge on any atom is 0.205 e. The molecule has 3 heterocycles. The average molecular weight is 366 g/mol. The van der Waals surface area contributed by atoms with Gasteiger partial charge in [-0.1, -0.05) is 18.2 Å². The van der Waals surface area contributed by atoms with Crippen LogP contribution in [0.3, 0.4) is 0 Å². The van der Waals surface area contributed by atoms with Gasteiger partial charge in [-0.2, -0.15) is 5.26 Å². The van der Waals surface area contributed by atoms with Crippen LogP contribution in [0.2, 0.25) is 0 Å². The van der Waals surface area contributed by atoms with E-state index in [1.54, 1.807) is 12.3 Å². The summed E-state index contributed by atoms with van der Waals surface area (Å²) in [5, 5.41) is 12.3.